The minimum Gasteiger partial charge on any atom is -0.476 e. The van der Waals surface area contributed by atoms with Crippen molar-refractivity contribution in [2.75, 3.05) is 18.0 Å². The number of nitrogens with zero attached hydrogens (tertiary/aromatic N) is 3. The smallest absolute Gasteiger partial charge is 0.356 e. The normalized spacial score (nSPS) is 19.3. The Kier molecular flexibility index (Phi) is 3.50. The lowest BCUT2D eigenvalue weighted by molar-refractivity contribution is 0.0690. The summed E-state index contributed by atoms with van der Waals surface area (Å²) < 4.78 is 0. The zero-order chi connectivity index (χ0) is 13.2. The van der Waals surface area contributed by atoms with E-state index in [0.29, 0.717) is 5.41 Å². The van der Waals surface area contributed by atoms with E-state index in [9.17, 15) is 4.79 Å². The quantitative estimate of drug-likeness (QED) is 0.870. The predicted molar refractivity (Wildman–Crippen MR) is 68.8 cm³/mol. The maximum Gasteiger partial charge on any atom is 0.356 e. The number of carboxylic acids is 1. The van der Waals surface area contributed by atoms with Crippen molar-refractivity contribution < 1.29 is 9.90 Å². The van der Waals surface area contributed by atoms with E-state index >= 15 is 0 Å². The van der Waals surface area contributed by atoms with Gasteiger partial charge in [0.25, 0.3) is 0 Å². The Morgan fingerprint density at radius 3 is 2.67 bits per heavy atom. The van der Waals surface area contributed by atoms with Crippen molar-refractivity contribution >= 4 is 11.8 Å². The molecule has 98 valence electrons. The Hall–Kier alpha value is -1.65. The molecule has 1 aliphatic rings. The van der Waals surface area contributed by atoms with Gasteiger partial charge in [-0.25, -0.2) is 14.8 Å². The third-order valence-electron chi connectivity index (χ3n) is 3.52. The monoisotopic (exact) mass is 249 g/mol. The first-order chi connectivity index (χ1) is 8.48. The average molecular weight is 249 g/mol. The van der Waals surface area contributed by atoms with Crippen LogP contribution in [-0.2, 0) is 0 Å². The fraction of sp³-hybridized carbons (Fsp3) is 0.615. The molecule has 1 saturated heterocycles. The van der Waals surface area contributed by atoms with Crippen LogP contribution < -0.4 is 4.90 Å². The minimum absolute atomic E-state index is 0.00565. The van der Waals surface area contributed by atoms with Gasteiger partial charge in [0.15, 0.2) is 5.69 Å². The second kappa shape index (κ2) is 4.92. The van der Waals surface area contributed by atoms with Crippen LogP contribution in [0, 0.1) is 5.41 Å². The van der Waals surface area contributed by atoms with E-state index in [4.69, 9.17) is 5.11 Å². The van der Waals surface area contributed by atoms with Crippen LogP contribution >= 0.6 is 0 Å². The van der Waals surface area contributed by atoms with E-state index in [1.54, 1.807) is 6.20 Å². The van der Waals surface area contributed by atoms with Gasteiger partial charge < -0.3 is 10.0 Å². The lowest BCUT2D eigenvalue weighted by Crippen LogP contribution is -2.26. The molecule has 1 fully saturated rings. The first kappa shape index (κ1) is 12.8. The number of aromatic carboxylic acids is 1. The molecule has 18 heavy (non-hydrogen) atoms. The van der Waals surface area contributed by atoms with Crippen molar-refractivity contribution in [1.82, 2.24) is 9.97 Å². The summed E-state index contributed by atoms with van der Waals surface area (Å²) in [6.45, 7) is 6.49. The Morgan fingerprint density at radius 1 is 1.28 bits per heavy atom. The Morgan fingerprint density at radius 2 is 2.06 bits per heavy atom. The first-order valence-corrected chi connectivity index (χ1v) is 6.28. The SMILES string of the molecule is CC1(C)CCCN(c2cnc(C(=O)O)cn2)CC1. The Balaban J connectivity index is 2.09. The van der Waals surface area contributed by atoms with Gasteiger partial charge in [-0.05, 0) is 24.7 Å². The molecular weight excluding hydrogens is 230 g/mol. The van der Waals surface area contributed by atoms with Crippen LogP contribution in [0.4, 0.5) is 5.82 Å². The summed E-state index contributed by atoms with van der Waals surface area (Å²) in [7, 11) is 0. The zero-order valence-corrected chi connectivity index (χ0v) is 10.9. The minimum atomic E-state index is -1.04. The Labute approximate surface area is 107 Å². The molecule has 0 aliphatic carbocycles. The first-order valence-electron chi connectivity index (χ1n) is 6.28. The van der Waals surface area contributed by atoms with E-state index in [1.807, 2.05) is 0 Å². The fourth-order valence-electron chi connectivity index (χ4n) is 2.25. The molecule has 0 spiro atoms. The molecule has 0 saturated carbocycles. The second-order valence-electron chi connectivity index (χ2n) is 5.57. The van der Waals surface area contributed by atoms with E-state index in [1.165, 1.54) is 12.6 Å². The van der Waals surface area contributed by atoms with Gasteiger partial charge in [0.1, 0.15) is 5.82 Å². The van der Waals surface area contributed by atoms with Crippen LogP contribution in [0.1, 0.15) is 43.6 Å². The van der Waals surface area contributed by atoms with Gasteiger partial charge >= 0.3 is 5.97 Å². The largest absolute Gasteiger partial charge is 0.476 e. The van der Waals surface area contributed by atoms with Crippen molar-refractivity contribution in [3.05, 3.63) is 18.1 Å². The number of carboxylic acid groups (broad SMARTS) is 1. The summed E-state index contributed by atoms with van der Waals surface area (Å²) in [6.07, 6.45) is 6.35. The van der Waals surface area contributed by atoms with Crippen LogP contribution in [0.3, 0.4) is 0 Å². The number of hydrogen-bond donors (Lipinski definition) is 1. The van der Waals surface area contributed by atoms with Gasteiger partial charge in [-0.1, -0.05) is 13.8 Å². The van der Waals surface area contributed by atoms with E-state index < -0.39 is 5.97 Å². The van der Waals surface area contributed by atoms with Crippen LogP contribution in [0.25, 0.3) is 0 Å². The molecule has 0 atom stereocenters. The molecule has 5 nitrogen and oxygen atoms in total. The molecule has 0 unspecified atom stereocenters. The fourth-order valence-corrected chi connectivity index (χ4v) is 2.25. The summed E-state index contributed by atoms with van der Waals surface area (Å²) >= 11 is 0. The number of hydrogen-bond acceptors (Lipinski definition) is 4. The summed E-state index contributed by atoms with van der Waals surface area (Å²) in [5, 5.41) is 8.78. The van der Waals surface area contributed by atoms with Crippen molar-refractivity contribution in [1.29, 1.82) is 0 Å². The highest BCUT2D eigenvalue weighted by Crippen LogP contribution is 2.30. The summed E-state index contributed by atoms with van der Waals surface area (Å²) in [5.41, 5.74) is 0.373. The van der Waals surface area contributed by atoms with Crippen LogP contribution in [-0.4, -0.2) is 34.1 Å². The van der Waals surface area contributed by atoms with Crippen molar-refractivity contribution in [3.8, 4) is 0 Å². The van der Waals surface area contributed by atoms with Gasteiger partial charge in [-0.3, -0.25) is 0 Å². The van der Waals surface area contributed by atoms with Crippen LogP contribution in [0.5, 0.6) is 0 Å². The highest BCUT2D eigenvalue weighted by Gasteiger charge is 2.23. The topological polar surface area (TPSA) is 66.3 Å². The van der Waals surface area contributed by atoms with E-state index in [-0.39, 0.29) is 5.69 Å². The molecule has 0 aromatic carbocycles. The van der Waals surface area contributed by atoms with Crippen molar-refractivity contribution in [2.24, 2.45) is 5.41 Å². The van der Waals surface area contributed by atoms with Gasteiger partial charge in [-0.2, -0.15) is 0 Å². The number of anilines is 1. The molecule has 1 N–H and O–H groups in total. The molecule has 0 radical (unpaired) electrons. The average Bonchev–Trinajstić information content (AvgIpc) is 2.50. The Bertz CT molecular complexity index is 428. The van der Waals surface area contributed by atoms with E-state index in [2.05, 4.69) is 28.7 Å². The molecule has 2 heterocycles. The molecule has 0 bridgehead atoms. The van der Waals surface area contributed by atoms with Crippen LogP contribution in [0.2, 0.25) is 0 Å². The van der Waals surface area contributed by atoms with E-state index in [0.717, 1.165) is 31.7 Å². The number of aromatic nitrogens is 2. The summed E-state index contributed by atoms with van der Waals surface area (Å²) in [5.74, 6) is -0.260. The molecule has 5 heteroatoms. The van der Waals surface area contributed by atoms with Gasteiger partial charge in [0.05, 0.1) is 12.4 Å². The molecule has 2 rings (SSSR count). The molecular formula is C13H19N3O2. The van der Waals surface area contributed by atoms with Gasteiger partial charge in [0, 0.05) is 13.1 Å². The summed E-state index contributed by atoms with van der Waals surface area (Å²) in [6, 6.07) is 0. The summed E-state index contributed by atoms with van der Waals surface area (Å²) in [4.78, 5) is 21.0. The standard InChI is InChI=1S/C13H19N3O2/c1-13(2)4-3-6-16(7-5-13)11-9-14-10(8-15-11)12(17)18/h8-9H,3-7H2,1-2H3,(H,17,18). The number of carbonyl (C=O) groups is 1. The maximum absolute atomic E-state index is 10.7. The highest BCUT2D eigenvalue weighted by molar-refractivity contribution is 5.84. The molecule has 1 aromatic heterocycles. The van der Waals surface area contributed by atoms with Gasteiger partial charge in [-0.15, -0.1) is 0 Å². The van der Waals surface area contributed by atoms with Crippen molar-refractivity contribution in [3.63, 3.8) is 0 Å². The third kappa shape index (κ3) is 2.97. The third-order valence-corrected chi connectivity index (χ3v) is 3.52. The second-order valence-corrected chi connectivity index (χ2v) is 5.57. The highest BCUT2D eigenvalue weighted by atomic mass is 16.4. The van der Waals surface area contributed by atoms with Crippen LogP contribution in [0.15, 0.2) is 12.4 Å². The number of rotatable bonds is 2. The zero-order valence-electron chi connectivity index (χ0n) is 10.9. The van der Waals surface area contributed by atoms with Gasteiger partial charge in [0.2, 0.25) is 0 Å². The lowest BCUT2D eigenvalue weighted by atomic mass is 9.85. The molecule has 1 aliphatic heterocycles. The molecule has 1 aromatic rings. The van der Waals surface area contributed by atoms with Crippen molar-refractivity contribution in [2.45, 2.75) is 33.1 Å². The molecule has 0 amide bonds. The predicted octanol–water partition coefficient (Wildman–Crippen LogP) is 2.19. The maximum atomic E-state index is 10.7. The lowest BCUT2D eigenvalue weighted by Gasteiger charge is -2.23.